The van der Waals surface area contributed by atoms with Crippen molar-refractivity contribution in [2.75, 3.05) is 17.7 Å². The predicted molar refractivity (Wildman–Crippen MR) is 86.4 cm³/mol. The summed E-state index contributed by atoms with van der Waals surface area (Å²) in [5.74, 6) is 0.234. The summed E-state index contributed by atoms with van der Waals surface area (Å²) in [5, 5.41) is 5.58. The van der Waals surface area contributed by atoms with E-state index in [-0.39, 0.29) is 11.8 Å². The van der Waals surface area contributed by atoms with E-state index in [1.807, 2.05) is 6.92 Å². The maximum Gasteiger partial charge on any atom is 0.255 e. The highest BCUT2D eigenvalue weighted by atomic mass is 16.5. The monoisotopic (exact) mass is 298 g/mol. The molecule has 2 amide bonds. The third kappa shape index (κ3) is 3.63. The molecule has 0 radical (unpaired) electrons. The van der Waals surface area contributed by atoms with Gasteiger partial charge in [0.2, 0.25) is 5.91 Å². The van der Waals surface area contributed by atoms with Crippen LogP contribution >= 0.6 is 0 Å². The normalized spacial score (nSPS) is 9.95. The van der Waals surface area contributed by atoms with Crippen molar-refractivity contribution < 1.29 is 14.3 Å². The van der Waals surface area contributed by atoms with Crippen LogP contribution in [-0.2, 0) is 4.79 Å². The van der Waals surface area contributed by atoms with E-state index in [4.69, 9.17) is 4.74 Å². The van der Waals surface area contributed by atoms with Gasteiger partial charge in [0.05, 0.1) is 7.11 Å². The van der Waals surface area contributed by atoms with E-state index in [2.05, 4.69) is 10.6 Å². The van der Waals surface area contributed by atoms with Gasteiger partial charge in [0.1, 0.15) is 5.75 Å². The van der Waals surface area contributed by atoms with Crippen LogP contribution in [0.1, 0.15) is 22.8 Å². The Morgan fingerprint density at radius 3 is 2.27 bits per heavy atom. The number of nitrogens with one attached hydrogen (secondary N) is 2. The molecule has 5 heteroatoms. The van der Waals surface area contributed by atoms with Crippen molar-refractivity contribution in [1.82, 2.24) is 0 Å². The van der Waals surface area contributed by atoms with Crippen LogP contribution in [0.5, 0.6) is 5.75 Å². The topological polar surface area (TPSA) is 67.4 Å². The van der Waals surface area contributed by atoms with Crippen LogP contribution in [0.4, 0.5) is 11.4 Å². The molecule has 0 aliphatic carbocycles. The number of hydrogen-bond donors (Lipinski definition) is 2. The second-order valence-electron chi connectivity index (χ2n) is 4.85. The lowest BCUT2D eigenvalue weighted by Crippen LogP contribution is -2.14. The highest BCUT2D eigenvalue weighted by molar-refractivity contribution is 6.05. The molecule has 2 aromatic rings. The van der Waals surface area contributed by atoms with E-state index in [0.717, 1.165) is 5.56 Å². The molecular weight excluding hydrogens is 280 g/mol. The third-order valence-corrected chi connectivity index (χ3v) is 3.22. The Bertz CT molecular complexity index is 711. The number of benzene rings is 2. The van der Waals surface area contributed by atoms with Gasteiger partial charge in [0.25, 0.3) is 5.91 Å². The van der Waals surface area contributed by atoms with Gasteiger partial charge in [0.15, 0.2) is 0 Å². The molecule has 0 aromatic heterocycles. The first kappa shape index (κ1) is 15.6. The van der Waals surface area contributed by atoms with E-state index >= 15 is 0 Å². The number of carbonyl (C=O) groups is 2. The molecular formula is C17H18N2O3. The fourth-order valence-corrected chi connectivity index (χ4v) is 2.05. The summed E-state index contributed by atoms with van der Waals surface area (Å²) in [4.78, 5) is 23.5. The number of amides is 2. The molecule has 0 atom stereocenters. The molecule has 114 valence electrons. The van der Waals surface area contributed by atoms with E-state index in [1.165, 1.54) is 6.92 Å². The summed E-state index contributed by atoms with van der Waals surface area (Å²) in [6, 6.07) is 12.3. The number of ether oxygens (including phenoxy) is 1. The first-order chi connectivity index (χ1) is 10.5. The zero-order valence-electron chi connectivity index (χ0n) is 12.8. The highest BCUT2D eigenvalue weighted by Gasteiger charge is 2.11. The molecule has 0 unspecified atom stereocenters. The molecule has 0 aliphatic heterocycles. The van der Waals surface area contributed by atoms with E-state index in [0.29, 0.717) is 22.7 Å². The predicted octanol–water partition coefficient (Wildman–Crippen LogP) is 3.21. The number of methoxy groups -OCH3 is 1. The summed E-state index contributed by atoms with van der Waals surface area (Å²) in [7, 11) is 1.55. The largest absolute Gasteiger partial charge is 0.497 e. The van der Waals surface area contributed by atoms with Crippen molar-refractivity contribution in [2.45, 2.75) is 13.8 Å². The van der Waals surface area contributed by atoms with Crippen LogP contribution in [-0.4, -0.2) is 18.9 Å². The molecule has 0 saturated heterocycles. The number of rotatable bonds is 4. The molecule has 0 bridgehead atoms. The van der Waals surface area contributed by atoms with Gasteiger partial charge in [-0.3, -0.25) is 9.59 Å². The van der Waals surface area contributed by atoms with Gasteiger partial charge in [-0.2, -0.15) is 0 Å². The van der Waals surface area contributed by atoms with Crippen LogP contribution in [0.25, 0.3) is 0 Å². The lowest BCUT2D eigenvalue weighted by atomic mass is 10.1. The number of hydrogen-bond acceptors (Lipinski definition) is 3. The van der Waals surface area contributed by atoms with Crippen LogP contribution < -0.4 is 15.4 Å². The van der Waals surface area contributed by atoms with Crippen LogP contribution in [0.2, 0.25) is 0 Å². The smallest absolute Gasteiger partial charge is 0.255 e. The van der Waals surface area contributed by atoms with E-state index < -0.39 is 0 Å². The summed E-state index contributed by atoms with van der Waals surface area (Å²) in [6.45, 7) is 3.29. The Morgan fingerprint density at radius 2 is 1.64 bits per heavy atom. The van der Waals surface area contributed by atoms with E-state index in [1.54, 1.807) is 49.6 Å². The van der Waals surface area contributed by atoms with Crippen molar-refractivity contribution in [3.63, 3.8) is 0 Å². The van der Waals surface area contributed by atoms with Crippen molar-refractivity contribution >= 4 is 23.2 Å². The number of carbonyl (C=O) groups excluding carboxylic acids is 2. The summed E-state index contributed by atoms with van der Waals surface area (Å²) >= 11 is 0. The molecule has 2 N–H and O–H groups in total. The molecule has 0 spiro atoms. The third-order valence-electron chi connectivity index (χ3n) is 3.22. The van der Waals surface area contributed by atoms with Gasteiger partial charge in [-0.05, 0) is 42.8 Å². The average Bonchev–Trinajstić information content (AvgIpc) is 2.51. The molecule has 0 heterocycles. The summed E-state index contributed by atoms with van der Waals surface area (Å²) < 4.78 is 5.11. The Kier molecular flexibility index (Phi) is 4.78. The van der Waals surface area contributed by atoms with Crippen molar-refractivity contribution in [3.05, 3.63) is 53.6 Å². The van der Waals surface area contributed by atoms with Gasteiger partial charge in [0, 0.05) is 23.9 Å². The Balaban J connectivity index is 2.22. The average molecular weight is 298 g/mol. The first-order valence-electron chi connectivity index (χ1n) is 6.84. The van der Waals surface area contributed by atoms with Crippen LogP contribution in [0, 0.1) is 6.92 Å². The van der Waals surface area contributed by atoms with Gasteiger partial charge in [-0.25, -0.2) is 0 Å². The molecule has 0 fully saturated rings. The van der Waals surface area contributed by atoms with Crippen molar-refractivity contribution in [2.24, 2.45) is 0 Å². The zero-order chi connectivity index (χ0) is 16.1. The lowest BCUT2D eigenvalue weighted by Gasteiger charge is -2.13. The molecule has 22 heavy (non-hydrogen) atoms. The molecule has 2 aromatic carbocycles. The minimum Gasteiger partial charge on any atom is -0.497 e. The van der Waals surface area contributed by atoms with Crippen LogP contribution in [0.15, 0.2) is 42.5 Å². The van der Waals surface area contributed by atoms with Crippen molar-refractivity contribution in [3.8, 4) is 5.75 Å². The van der Waals surface area contributed by atoms with Gasteiger partial charge in [-0.1, -0.05) is 12.1 Å². The molecule has 5 nitrogen and oxygen atoms in total. The molecule has 0 saturated carbocycles. The Morgan fingerprint density at radius 1 is 1.00 bits per heavy atom. The molecule has 0 aliphatic rings. The standard InChI is InChI=1S/C17H18N2O3/c1-11-15(18-12(2)20)8-5-9-16(11)19-17(21)13-6-4-7-14(10-13)22-3/h4-10H,1-3H3,(H,18,20)(H,19,21). The lowest BCUT2D eigenvalue weighted by molar-refractivity contribution is -0.114. The fourth-order valence-electron chi connectivity index (χ4n) is 2.05. The summed E-state index contributed by atoms with van der Waals surface area (Å²) in [5.41, 5.74) is 2.63. The van der Waals surface area contributed by atoms with Gasteiger partial charge < -0.3 is 15.4 Å². The first-order valence-corrected chi connectivity index (χ1v) is 6.84. The van der Waals surface area contributed by atoms with Gasteiger partial charge >= 0.3 is 0 Å². The Labute approximate surface area is 129 Å². The second kappa shape index (κ2) is 6.76. The highest BCUT2D eigenvalue weighted by Crippen LogP contribution is 2.24. The minimum atomic E-state index is -0.234. The fraction of sp³-hybridized carbons (Fsp3) is 0.176. The maximum atomic E-state index is 12.3. The van der Waals surface area contributed by atoms with Crippen LogP contribution in [0.3, 0.4) is 0 Å². The zero-order valence-corrected chi connectivity index (χ0v) is 12.8. The molecule has 2 rings (SSSR count). The Hall–Kier alpha value is -2.82. The van der Waals surface area contributed by atoms with E-state index in [9.17, 15) is 9.59 Å². The number of anilines is 2. The summed E-state index contributed by atoms with van der Waals surface area (Å²) in [6.07, 6.45) is 0. The van der Waals surface area contributed by atoms with Gasteiger partial charge in [-0.15, -0.1) is 0 Å². The quantitative estimate of drug-likeness (QED) is 0.910. The van der Waals surface area contributed by atoms with Crippen molar-refractivity contribution in [1.29, 1.82) is 0 Å². The minimum absolute atomic E-state index is 0.153. The second-order valence-corrected chi connectivity index (χ2v) is 4.85. The SMILES string of the molecule is COc1cccc(C(=O)Nc2cccc(NC(C)=O)c2C)c1. The maximum absolute atomic E-state index is 12.3.